The zero-order chi connectivity index (χ0) is 18.0. The minimum Gasteiger partial charge on any atom is -0.460 e. The Morgan fingerprint density at radius 1 is 1.20 bits per heavy atom. The van der Waals surface area contributed by atoms with Crippen molar-refractivity contribution in [2.75, 3.05) is 0 Å². The van der Waals surface area contributed by atoms with Gasteiger partial charge >= 0.3 is 6.01 Å². The topological polar surface area (TPSA) is 57.0 Å². The number of benzene rings is 2. The maximum atomic E-state index is 13.6. The molecule has 0 saturated carbocycles. The first kappa shape index (κ1) is 17.1. The number of ether oxygens (including phenoxy) is 1. The Morgan fingerprint density at radius 2 is 1.92 bits per heavy atom. The molecule has 0 aliphatic heterocycles. The third kappa shape index (κ3) is 3.85. The minimum atomic E-state index is -0.433. The molecule has 0 unspecified atom stereocenters. The van der Waals surface area contributed by atoms with Crippen molar-refractivity contribution in [1.82, 2.24) is 14.8 Å². The van der Waals surface area contributed by atoms with Crippen LogP contribution in [0, 0.1) is 5.82 Å². The van der Waals surface area contributed by atoms with E-state index in [9.17, 15) is 9.18 Å². The van der Waals surface area contributed by atoms with Crippen LogP contribution in [0.25, 0.3) is 11.4 Å². The SMILES string of the molecule is CC(C)Oc1nc(-c2cccc(F)c2)n(C(=O)c2ccc(Cl)cc2)n1. The lowest BCUT2D eigenvalue weighted by Gasteiger charge is -2.05. The molecule has 0 atom stereocenters. The second-order valence-corrected chi connectivity index (χ2v) is 6.06. The van der Waals surface area contributed by atoms with Gasteiger partial charge in [-0.1, -0.05) is 23.7 Å². The van der Waals surface area contributed by atoms with E-state index in [0.29, 0.717) is 16.1 Å². The van der Waals surface area contributed by atoms with Crippen molar-refractivity contribution in [3.63, 3.8) is 0 Å². The number of aromatic nitrogens is 3. The van der Waals surface area contributed by atoms with Gasteiger partial charge < -0.3 is 4.74 Å². The Bertz CT molecular complexity index is 907. The number of carbonyl (C=O) groups is 1. The second kappa shape index (κ2) is 7.03. The number of hydrogen-bond acceptors (Lipinski definition) is 4. The van der Waals surface area contributed by atoms with E-state index in [1.807, 2.05) is 13.8 Å². The number of nitrogens with zero attached hydrogens (tertiary/aromatic N) is 3. The molecular weight excluding hydrogens is 345 g/mol. The van der Waals surface area contributed by atoms with Gasteiger partial charge in [-0.2, -0.15) is 9.67 Å². The Morgan fingerprint density at radius 3 is 2.56 bits per heavy atom. The Kier molecular flexibility index (Phi) is 4.81. The molecule has 0 spiro atoms. The van der Waals surface area contributed by atoms with Crippen molar-refractivity contribution in [1.29, 1.82) is 0 Å². The van der Waals surface area contributed by atoms with Gasteiger partial charge in [-0.3, -0.25) is 4.79 Å². The van der Waals surface area contributed by atoms with Crippen LogP contribution in [0.2, 0.25) is 5.02 Å². The van der Waals surface area contributed by atoms with Gasteiger partial charge in [0.25, 0.3) is 5.91 Å². The standard InChI is InChI=1S/C18H15ClFN3O2/c1-11(2)25-18-21-16(13-4-3-5-15(20)10-13)23(22-18)17(24)12-6-8-14(19)9-7-12/h3-11H,1-2H3. The molecule has 3 rings (SSSR count). The fourth-order valence-electron chi connectivity index (χ4n) is 2.22. The summed E-state index contributed by atoms with van der Waals surface area (Å²) in [6.45, 7) is 3.65. The molecule has 0 fully saturated rings. The molecule has 25 heavy (non-hydrogen) atoms. The van der Waals surface area contributed by atoms with E-state index < -0.39 is 11.7 Å². The monoisotopic (exact) mass is 359 g/mol. The Hall–Kier alpha value is -2.73. The summed E-state index contributed by atoms with van der Waals surface area (Å²) in [5.41, 5.74) is 0.802. The zero-order valence-corrected chi connectivity index (χ0v) is 14.4. The third-order valence-corrected chi connectivity index (χ3v) is 3.55. The Balaban J connectivity index is 2.08. The first-order valence-electron chi connectivity index (χ1n) is 7.64. The molecule has 3 aromatic rings. The van der Waals surface area contributed by atoms with Gasteiger partial charge in [0.15, 0.2) is 5.82 Å². The lowest BCUT2D eigenvalue weighted by atomic mass is 10.2. The normalized spacial score (nSPS) is 10.9. The highest BCUT2D eigenvalue weighted by Crippen LogP contribution is 2.23. The predicted octanol–water partition coefficient (Wildman–Crippen LogP) is 4.21. The van der Waals surface area contributed by atoms with E-state index in [2.05, 4.69) is 10.1 Å². The third-order valence-electron chi connectivity index (χ3n) is 3.30. The molecule has 0 aliphatic rings. The summed E-state index contributed by atoms with van der Waals surface area (Å²) >= 11 is 5.86. The Labute approximate surface area is 149 Å². The van der Waals surface area contributed by atoms with E-state index in [1.165, 1.54) is 12.1 Å². The lowest BCUT2D eigenvalue weighted by Crippen LogP contribution is -2.15. The summed E-state index contributed by atoms with van der Waals surface area (Å²) in [7, 11) is 0. The lowest BCUT2D eigenvalue weighted by molar-refractivity contribution is 0.0943. The summed E-state index contributed by atoms with van der Waals surface area (Å²) in [4.78, 5) is 17.0. The molecule has 0 saturated heterocycles. The van der Waals surface area contributed by atoms with Crippen LogP contribution in [0.3, 0.4) is 0 Å². The van der Waals surface area contributed by atoms with Gasteiger partial charge in [0.1, 0.15) is 5.82 Å². The van der Waals surface area contributed by atoms with E-state index in [1.54, 1.807) is 36.4 Å². The van der Waals surface area contributed by atoms with Gasteiger partial charge in [-0.25, -0.2) is 4.39 Å². The molecule has 0 aliphatic carbocycles. The van der Waals surface area contributed by atoms with Crippen molar-refractivity contribution in [2.24, 2.45) is 0 Å². The highest BCUT2D eigenvalue weighted by atomic mass is 35.5. The van der Waals surface area contributed by atoms with Gasteiger partial charge in [0, 0.05) is 16.1 Å². The number of rotatable bonds is 4. The first-order valence-corrected chi connectivity index (χ1v) is 8.02. The van der Waals surface area contributed by atoms with Crippen LogP contribution in [0.5, 0.6) is 6.01 Å². The van der Waals surface area contributed by atoms with Crippen molar-refractivity contribution in [3.8, 4) is 17.4 Å². The number of halogens is 2. The molecule has 1 heterocycles. The second-order valence-electron chi connectivity index (χ2n) is 5.62. The van der Waals surface area contributed by atoms with Crippen LogP contribution < -0.4 is 4.74 Å². The first-order chi connectivity index (χ1) is 11.9. The average Bonchev–Trinajstić information content (AvgIpc) is 2.98. The summed E-state index contributed by atoms with van der Waals surface area (Å²) in [6, 6.07) is 12.2. The molecule has 5 nitrogen and oxygen atoms in total. The van der Waals surface area contributed by atoms with Gasteiger partial charge in [0.2, 0.25) is 0 Å². The van der Waals surface area contributed by atoms with Crippen molar-refractivity contribution in [3.05, 3.63) is 64.9 Å². The highest BCUT2D eigenvalue weighted by molar-refractivity contribution is 6.30. The fraction of sp³-hybridized carbons (Fsp3) is 0.167. The maximum Gasteiger partial charge on any atom is 0.336 e. The van der Waals surface area contributed by atoms with Gasteiger partial charge in [-0.05, 0) is 50.2 Å². The highest BCUT2D eigenvalue weighted by Gasteiger charge is 2.20. The molecule has 0 radical (unpaired) electrons. The molecule has 7 heteroatoms. The van der Waals surface area contributed by atoms with Crippen molar-refractivity contribution < 1.29 is 13.9 Å². The predicted molar refractivity (Wildman–Crippen MR) is 92.4 cm³/mol. The van der Waals surface area contributed by atoms with Crippen LogP contribution in [-0.4, -0.2) is 26.8 Å². The van der Waals surface area contributed by atoms with E-state index in [4.69, 9.17) is 16.3 Å². The van der Waals surface area contributed by atoms with Crippen LogP contribution in [-0.2, 0) is 0 Å². The molecule has 128 valence electrons. The molecule has 1 aromatic heterocycles. The van der Waals surface area contributed by atoms with Crippen molar-refractivity contribution in [2.45, 2.75) is 20.0 Å². The molecule has 0 N–H and O–H groups in total. The number of carbonyl (C=O) groups excluding carboxylic acids is 1. The molecule has 0 amide bonds. The number of hydrogen-bond donors (Lipinski definition) is 0. The van der Waals surface area contributed by atoms with Crippen LogP contribution in [0.15, 0.2) is 48.5 Å². The largest absolute Gasteiger partial charge is 0.460 e. The van der Waals surface area contributed by atoms with Gasteiger partial charge in [-0.15, -0.1) is 5.10 Å². The molecule has 0 bridgehead atoms. The summed E-state index contributed by atoms with van der Waals surface area (Å²) in [6.07, 6.45) is -0.165. The average molecular weight is 360 g/mol. The van der Waals surface area contributed by atoms with Crippen LogP contribution >= 0.6 is 11.6 Å². The smallest absolute Gasteiger partial charge is 0.336 e. The van der Waals surface area contributed by atoms with E-state index in [-0.39, 0.29) is 17.9 Å². The van der Waals surface area contributed by atoms with Crippen LogP contribution in [0.1, 0.15) is 24.2 Å². The van der Waals surface area contributed by atoms with Gasteiger partial charge in [0.05, 0.1) is 6.10 Å². The van der Waals surface area contributed by atoms with E-state index >= 15 is 0 Å². The maximum absolute atomic E-state index is 13.6. The minimum absolute atomic E-state index is 0.0524. The zero-order valence-electron chi connectivity index (χ0n) is 13.6. The quantitative estimate of drug-likeness (QED) is 0.700. The summed E-state index contributed by atoms with van der Waals surface area (Å²) in [5, 5.41) is 4.65. The van der Waals surface area contributed by atoms with Crippen LogP contribution in [0.4, 0.5) is 4.39 Å². The molecule has 2 aromatic carbocycles. The molecular formula is C18H15ClFN3O2. The summed E-state index contributed by atoms with van der Waals surface area (Å²) in [5.74, 6) is -0.644. The van der Waals surface area contributed by atoms with E-state index in [0.717, 1.165) is 4.68 Å². The van der Waals surface area contributed by atoms with Crippen molar-refractivity contribution >= 4 is 17.5 Å². The fourth-order valence-corrected chi connectivity index (χ4v) is 2.35. The summed E-state index contributed by atoms with van der Waals surface area (Å²) < 4.78 is 20.2.